The number of nitrogens with one attached hydrogen (secondary N) is 1. The van der Waals surface area contributed by atoms with Crippen molar-refractivity contribution in [3.8, 4) is 11.3 Å². The molecule has 3 aromatic rings. The first kappa shape index (κ1) is 16.3. The van der Waals surface area contributed by atoms with Gasteiger partial charge in [0, 0.05) is 24.2 Å². The van der Waals surface area contributed by atoms with E-state index in [2.05, 4.69) is 20.2 Å². The van der Waals surface area contributed by atoms with Gasteiger partial charge in [0.2, 0.25) is 0 Å². The standard InChI is InChI=1S/C19H18N4O3/c24-19(15-3-1-14(2-4-15)17-12-20-13-26-17)22-16-5-6-18(21-11-16)23-7-9-25-10-8-23/h1-6,11-13H,7-10H2,(H,22,24). The summed E-state index contributed by atoms with van der Waals surface area (Å²) in [6.07, 6.45) is 4.69. The molecule has 4 rings (SSSR count). The summed E-state index contributed by atoms with van der Waals surface area (Å²) >= 11 is 0. The second kappa shape index (κ2) is 7.37. The Kier molecular flexibility index (Phi) is 4.61. The zero-order valence-electron chi connectivity index (χ0n) is 14.1. The lowest BCUT2D eigenvalue weighted by atomic mass is 10.1. The van der Waals surface area contributed by atoms with Crippen molar-refractivity contribution in [3.05, 3.63) is 60.7 Å². The highest BCUT2D eigenvalue weighted by Gasteiger charge is 2.13. The molecule has 1 N–H and O–H groups in total. The average molecular weight is 350 g/mol. The van der Waals surface area contributed by atoms with E-state index < -0.39 is 0 Å². The van der Waals surface area contributed by atoms with E-state index in [1.165, 1.54) is 6.39 Å². The highest BCUT2D eigenvalue weighted by Crippen LogP contribution is 2.20. The van der Waals surface area contributed by atoms with Gasteiger partial charge >= 0.3 is 0 Å². The van der Waals surface area contributed by atoms with Crippen molar-refractivity contribution in [2.75, 3.05) is 36.5 Å². The molecule has 0 atom stereocenters. The summed E-state index contributed by atoms with van der Waals surface area (Å²) in [6.45, 7) is 3.08. The van der Waals surface area contributed by atoms with Gasteiger partial charge in [-0.05, 0) is 24.3 Å². The van der Waals surface area contributed by atoms with E-state index >= 15 is 0 Å². The first-order chi connectivity index (χ1) is 12.8. The van der Waals surface area contributed by atoms with E-state index in [1.54, 1.807) is 24.5 Å². The Morgan fingerprint density at radius 1 is 1.04 bits per heavy atom. The van der Waals surface area contributed by atoms with Crippen molar-refractivity contribution in [1.29, 1.82) is 0 Å². The van der Waals surface area contributed by atoms with Gasteiger partial charge in [-0.1, -0.05) is 12.1 Å². The molecule has 132 valence electrons. The van der Waals surface area contributed by atoms with Crippen LogP contribution >= 0.6 is 0 Å². The number of amides is 1. The largest absolute Gasteiger partial charge is 0.444 e. The number of ether oxygens (including phenoxy) is 1. The van der Waals surface area contributed by atoms with E-state index in [4.69, 9.17) is 9.15 Å². The summed E-state index contributed by atoms with van der Waals surface area (Å²) in [5.41, 5.74) is 2.09. The maximum atomic E-state index is 12.4. The Hall–Kier alpha value is -3.19. The summed E-state index contributed by atoms with van der Waals surface area (Å²) in [6, 6.07) is 10.9. The minimum absolute atomic E-state index is 0.185. The normalized spacial score (nSPS) is 14.2. The second-order valence-electron chi connectivity index (χ2n) is 5.90. The summed E-state index contributed by atoms with van der Waals surface area (Å²) in [5, 5.41) is 2.86. The molecule has 3 heterocycles. The molecule has 7 nitrogen and oxygen atoms in total. The van der Waals surface area contributed by atoms with Crippen LogP contribution in [0.15, 0.2) is 59.6 Å². The number of benzene rings is 1. The van der Waals surface area contributed by atoms with E-state index in [-0.39, 0.29) is 5.91 Å². The van der Waals surface area contributed by atoms with Gasteiger partial charge in [-0.25, -0.2) is 9.97 Å². The van der Waals surface area contributed by atoms with Gasteiger partial charge in [-0.2, -0.15) is 0 Å². The molecular formula is C19H18N4O3. The van der Waals surface area contributed by atoms with Crippen LogP contribution in [0, 0.1) is 0 Å². The smallest absolute Gasteiger partial charge is 0.255 e. The molecule has 1 aliphatic heterocycles. The predicted molar refractivity (Wildman–Crippen MR) is 97.2 cm³/mol. The van der Waals surface area contributed by atoms with Crippen LogP contribution in [0.5, 0.6) is 0 Å². The number of anilines is 2. The molecule has 1 fully saturated rings. The number of nitrogens with zero attached hydrogens (tertiary/aromatic N) is 3. The zero-order chi connectivity index (χ0) is 17.8. The molecule has 0 bridgehead atoms. The molecule has 0 radical (unpaired) electrons. The van der Waals surface area contributed by atoms with Crippen LogP contribution in [0.3, 0.4) is 0 Å². The van der Waals surface area contributed by atoms with E-state index in [0.717, 1.165) is 24.5 Å². The molecule has 2 aromatic heterocycles. The van der Waals surface area contributed by atoms with Crippen LogP contribution in [-0.4, -0.2) is 42.2 Å². The van der Waals surface area contributed by atoms with Crippen molar-refractivity contribution >= 4 is 17.4 Å². The van der Waals surface area contributed by atoms with Crippen LogP contribution in [0.2, 0.25) is 0 Å². The third-order valence-corrected chi connectivity index (χ3v) is 4.20. The number of oxazole rings is 1. The van der Waals surface area contributed by atoms with Crippen LogP contribution in [0.1, 0.15) is 10.4 Å². The van der Waals surface area contributed by atoms with Gasteiger partial charge in [0.15, 0.2) is 12.2 Å². The van der Waals surface area contributed by atoms with Gasteiger partial charge < -0.3 is 19.4 Å². The Morgan fingerprint density at radius 3 is 2.50 bits per heavy atom. The predicted octanol–water partition coefficient (Wildman–Crippen LogP) is 2.83. The van der Waals surface area contributed by atoms with Gasteiger partial charge in [-0.15, -0.1) is 0 Å². The second-order valence-corrected chi connectivity index (χ2v) is 5.90. The average Bonchev–Trinajstić information content (AvgIpc) is 3.24. The van der Waals surface area contributed by atoms with Crippen molar-refractivity contribution in [3.63, 3.8) is 0 Å². The SMILES string of the molecule is O=C(Nc1ccc(N2CCOCC2)nc1)c1ccc(-c2cnco2)cc1. The summed E-state index contributed by atoms with van der Waals surface area (Å²) in [5.74, 6) is 1.37. The fraction of sp³-hybridized carbons (Fsp3) is 0.211. The molecule has 1 saturated heterocycles. The number of hydrogen-bond acceptors (Lipinski definition) is 6. The van der Waals surface area contributed by atoms with E-state index in [0.29, 0.717) is 30.2 Å². The van der Waals surface area contributed by atoms with Crippen molar-refractivity contribution in [2.45, 2.75) is 0 Å². The first-order valence-electron chi connectivity index (χ1n) is 8.38. The fourth-order valence-electron chi connectivity index (χ4n) is 2.79. The maximum absolute atomic E-state index is 12.4. The van der Waals surface area contributed by atoms with Crippen LogP contribution in [0.4, 0.5) is 11.5 Å². The van der Waals surface area contributed by atoms with Crippen molar-refractivity contribution < 1.29 is 13.9 Å². The minimum atomic E-state index is -0.185. The summed E-state index contributed by atoms with van der Waals surface area (Å²) < 4.78 is 10.6. The topological polar surface area (TPSA) is 80.5 Å². The number of carbonyl (C=O) groups excluding carboxylic acids is 1. The van der Waals surface area contributed by atoms with Crippen molar-refractivity contribution in [1.82, 2.24) is 9.97 Å². The molecule has 26 heavy (non-hydrogen) atoms. The van der Waals surface area contributed by atoms with E-state index in [1.807, 2.05) is 24.3 Å². The molecule has 7 heteroatoms. The number of morpholine rings is 1. The monoisotopic (exact) mass is 350 g/mol. The molecule has 1 amide bonds. The first-order valence-corrected chi connectivity index (χ1v) is 8.38. The molecule has 0 unspecified atom stereocenters. The number of rotatable bonds is 4. The lowest BCUT2D eigenvalue weighted by Crippen LogP contribution is -2.36. The molecule has 0 spiro atoms. The third-order valence-electron chi connectivity index (χ3n) is 4.20. The summed E-state index contributed by atoms with van der Waals surface area (Å²) in [7, 11) is 0. The molecule has 0 aliphatic carbocycles. The van der Waals surface area contributed by atoms with Gasteiger partial charge in [0.05, 0.1) is 31.3 Å². The van der Waals surface area contributed by atoms with Crippen LogP contribution in [0.25, 0.3) is 11.3 Å². The lowest BCUT2D eigenvalue weighted by Gasteiger charge is -2.27. The Balaban J connectivity index is 1.41. The fourth-order valence-corrected chi connectivity index (χ4v) is 2.79. The summed E-state index contributed by atoms with van der Waals surface area (Å²) in [4.78, 5) is 22.9. The van der Waals surface area contributed by atoms with Gasteiger partial charge in [0.25, 0.3) is 5.91 Å². The highest BCUT2D eigenvalue weighted by molar-refractivity contribution is 6.04. The van der Waals surface area contributed by atoms with Crippen LogP contribution < -0.4 is 10.2 Å². The molecule has 1 aromatic carbocycles. The quantitative estimate of drug-likeness (QED) is 0.779. The minimum Gasteiger partial charge on any atom is -0.444 e. The Bertz CT molecular complexity index is 855. The number of aromatic nitrogens is 2. The van der Waals surface area contributed by atoms with Crippen LogP contribution in [-0.2, 0) is 4.74 Å². The number of hydrogen-bond donors (Lipinski definition) is 1. The Morgan fingerprint density at radius 2 is 1.85 bits per heavy atom. The lowest BCUT2D eigenvalue weighted by molar-refractivity contribution is 0.102. The third kappa shape index (κ3) is 3.57. The van der Waals surface area contributed by atoms with Gasteiger partial charge in [0.1, 0.15) is 5.82 Å². The highest BCUT2D eigenvalue weighted by atomic mass is 16.5. The molecule has 0 saturated carbocycles. The molecule has 1 aliphatic rings. The number of pyridine rings is 1. The zero-order valence-corrected chi connectivity index (χ0v) is 14.1. The van der Waals surface area contributed by atoms with Gasteiger partial charge in [-0.3, -0.25) is 4.79 Å². The molecular weight excluding hydrogens is 332 g/mol. The number of carbonyl (C=O) groups is 1. The van der Waals surface area contributed by atoms with E-state index in [9.17, 15) is 4.79 Å². The Labute approximate surface area is 150 Å². The van der Waals surface area contributed by atoms with Crippen molar-refractivity contribution in [2.24, 2.45) is 0 Å². The maximum Gasteiger partial charge on any atom is 0.255 e.